The van der Waals surface area contributed by atoms with Crippen LogP contribution in [0, 0.1) is 12.7 Å². The van der Waals surface area contributed by atoms with E-state index in [1.165, 1.54) is 12.1 Å². The quantitative estimate of drug-likeness (QED) is 0.853. The van der Waals surface area contributed by atoms with E-state index in [0.29, 0.717) is 24.3 Å². The van der Waals surface area contributed by atoms with Crippen molar-refractivity contribution in [3.05, 3.63) is 64.5 Å². The third-order valence-electron chi connectivity index (χ3n) is 3.69. The average molecular weight is 270 g/mol. The first-order valence-electron chi connectivity index (χ1n) is 6.47. The summed E-state index contributed by atoms with van der Waals surface area (Å²) in [5.41, 5.74) is 9.74. The minimum atomic E-state index is -0.279. The summed E-state index contributed by atoms with van der Waals surface area (Å²) in [6.45, 7) is 2.88. The zero-order valence-electron chi connectivity index (χ0n) is 11.2. The van der Waals surface area contributed by atoms with Gasteiger partial charge in [-0.15, -0.1) is 0 Å². The zero-order chi connectivity index (χ0) is 14.3. The van der Waals surface area contributed by atoms with E-state index in [-0.39, 0.29) is 11.7 Å². The second-order valence-electron chi connectivity index (χ2n) is 5.15. The fraction of sp³-hybridized carbons (Fsp3) is 0.188. The smallest absolute Gasteiger partial charge is 0.254 e. The van der Waals surface area contributed by atoms with Crippen LogP contribution in [-0.2, 0) is 13.1 Å². The number of fused-ring (bicyclic) bond motifs is 1. The van der Waals surface area contributed by atoms with Crippen LogP contribution in [0.3, 0.4) is 0 Å². The van der Waals surface area contributed by atoms with Crippen LogP contribution in [0.1, 0.15) is 27.0 Å². The van der Waals surface area contributed by atoms with Gasteiger partial charge < -0.3 is 10.6 Å². The van der Waals surface area contributed by atoms with E-state index in [2.05, 4.69) is 0 Å². The van der Waals surface area contributed by atoms with Gasteiger partial charge in [0.15, 0.2) is 0 Å². The summed E-state index contributed by atoms with van der Waals surface area (Å²) in [5.74, 6) is -0.324. The molecule has 1 heterocycles. The fourth-order valence-corrected chi connectivity index (χ4v) is 2.52. The number of aryl methyl sites for hydroxylation is 1. The Labute approximate surface area is 116 Å². The predicted octanol–water partition coefficient (Wildman–Crippen LogP) is 2.87. The van der Waals surface area contributed by atoms with Gasteiger partial charge in [-0.05, 0) is 47.9 Å². The summed E-state index contributed by atoms with van der Waals surface area (Å²) >= 11 is 0. The molecular weight excluding hydrogens is 255 g/mol. The highest BCUT2D eigenvalue weighted by molar-refractivity contribution is 5.99. The van der Waals surface area contributed by atoms with Crippen molar-refractivity contribution in [2.75, 3.05) is 5.73 Å². The van der Waals surface area contributed by atoms with Crippen LogP contribution in [0.2, 0.25) is 0 Å². The van der Waals surface area contributed by atoms with Gasteiger partial charge in [0.1, 0.15) is 5.82 Å². The predicted molar refractivity (Wildman–Crippen MR) is 75.6 cm³/mol. The van der Waals surface area contributed by atoms with Crippen LogP contribution in [0.4, 0.5) is 10.1 Å². The van der Waals surface area contributed by atoms with Crippen molar-refractivity contribution in [1.82, 2.24) is 4.90 Å². The number of amides is 1. The van der Waals surface area contributed by atoms with Gasteiger partial charge in [-0.1, -0.05) is 12.1 Å². The highest BCUT2D eigenvalue weighted by atomic mass is 19.1. The van der Waals surface area contributed by atoms with Gasteiger partial charge in [0, 0.05) is 24.3 Å². The molecule has 0 radical (unpaired) electrons. The average Bonchev–Trinajstić information content (AvgIpc) is 2.71. The summed E-state index contributed by atoms with van der Waals surface area (Å²) in [5, 5.41) is 0. The molecule has 20 heavy (non-hydrogen) atoms. The Morgan fingerprint density at radius 1 is 1.25 bits per heavy atom. The van der Waals surface area contributed by atoms with Crippen molar-refractivity contribution in [1.29, 1.82) is 0 Å². The van der Waals surface area contributed by atoms with E-state index in [9.17, 15) is 9.18 Å². The van der Waals surface area contributed by atoms with Crippen LogP contribution in [-0.4, -0.2) is 10.8 Å². The monoisotopic (exact) mass is 270 g/mol. The number of carbonyl (C=O) groups is 1. The largest absolute Gasteiger partial charge is 0.399 e. The number of benzene rings is 2. The topological polar surface area (TPSA) is 46.3 Å². The molecule has 1 aliphatic heterocycles. The Morgan fingerprint density at radius 3 is 2.85 bits per heavy atom. The van der Waals surface area contributed by atoms with Crippen LogP contribution in [0.15, 0.2) is 36.4 Å². The minimum absolute atomic E-state index is 0.0454. The molecule has 0 fully saturated rings. The SMILES string of the molecule is Cc1ccc(F)cc1CN1Cc2ccc(N)cc2C1=O. The number of nitrogens with zero attached hydrogens (tertiary/aromatic N) is 1. The molecule has 2 aromatic rings. The van der Waals surface area contributed by atoms with Gasteiger partial charge in [-0.3, -0.25) is 4.79 Å². The molecule has 0 saturated carbocycles. The molecule has 0 spiro atoms. The van der Waals surface area contributed by atoms with Crippen LogP contribution in [0.5, 0.6) is 0 Å². The molecule has 0 aliphatic carbocycles. The number of hydrogen-bond acceptors (Lipinski definition) is 2. The van der Waals surface area contributed by atoms with Gasteiger partial charge in [0.2, 0.25) is 0 Å². The summed E-state index contributed by atoms with van der Waals surface area (Å²) in [6, 6.07) is 10.0. The lowest BCUT2D eigenvalue weighted by Gasteiger charge is -2.17. The molecule has 4 heteroatoms. The molecule has 0 unspecified atom stereocenters. The first-order valence-corrected chi connectivity index (χ1v) is 6.47. The Balaban J connectivity index is 1.88. The molecular formula is C16H15FN2O. The highest BCUT2D eigenvalue weighted by Gasteiger charge is 2.27. The van der Waals surface area contributed by atoms with Crippen molar-refractivity contribution in [3.63, 3.8) is 0 Å². The Morgan fingerprint density at radius 2 is 2.05 bits per heavy atom. The van der Waals surface area contributed by atoms with Crippen LogP contribution >= 0.6 is 0 Å². The lowest BCUT2D eigenvalue weighted by molar-refractivity contribution is 0.0766. The first-order chi connectivity index (χ1) is 9.54. The van der Waals surface area contributed by atoms with Gasteiger partial charge in [0.05, 0.1) is 0 Å². The molecule has 2 aromatic carbocycles. The molecule has 0 bridgehead atoms. The van der Waals surface area contributed by atoms with Crippen LogP contribution in [0.25, 0.3) is 0 Å². The van der Waals surface area contributed by atoms with Crippen molar-refractivity contribution >= 4 is 11.6 Å². The highest BCUT2D eigenvalue weighted by Crippen LogP contribution is 2.26. The number of hydrogen-bond donors (Lipinski definition) is 1. The van der Waals surface area contributed by atoms with E-state index in [4.69, 9.17) is 5.73 Å². The number of anilines is 1. The Bertz CT molecular complexity index is 697. The van der Waals surface area contributed by atoms with Gasteiger partial charge in [-0.25, -0.2) is 4.39 Å². The van der Waals surface area contributed by atoms with Gasteiger partial charge in [0.25, 0.3) is 5.91 Å². The third kappa shape index (κ3) is 2.13. The lowest BCUT2D eigenvalue weighted by Crippen LogP contribution is -2.23. The third-order valence-corrected chi connectivity index (χ3v) is 3.69. The summed E-state index contributed by atoms with van der Waals surface area (Å²) < 4.78 is 13.3. The maximum atomic E-state index is 13.3. The van der Waals surface area contributed by atoms with Crippen molar-refractivity contribution < 1.29 is 9.18 Å². The van der Waals surface area contributed by atoms with Gasteiger partial charge >= 0.3 is 0 Å². The number of halogens is 1. The molecule has 1 aliphatic rings. The first kappa shape index (κ1) is 12.7. The van der Waals surface area contributed by atoms with Crippen molar-refractivity contribution in [2.45, 2.75) is 20.0 Å². The number of rotatable bonds is 2. The van der Waals surface area contributed by atoms with Crippen LogP contribution < -0.4 is 5.73 Å². The summed E-state index contributed by atoms with van der Waals surface area (Å²) in [7, 11) is 0. The number of carbonyl (C=O) groups excluding carboxylic acids is 1. The summed E-state index contributed by atoms with van der Waals surface area (Å²) in [4.78, 5) is 14.0. The molecule has 102 valence electrons. The maximum absolute atomic E-state index is 13.3. The maximum Gasteiger partial charge on any atom is 0.254 e. The Hall–Kier alpha value is -2.36. The zero-order valence-corrected chi connectivity index (χ0v) is 11.2. The number of nitrogen functional groups attached to an aromatic ring is 1. The molecule has 2 N–H and O–H groups in total. The minimum Gasteiger partial charge on any atom is -0.399 e. The second-order valence-corrected chi connectivity index (χ2v) is 5.15. The van der Waals surface area contributed by atoms with Crippen molar-refractivity contribution in [3.8, 4) is 0 Å². The number of nitrogens with two attached hydrogens (primary N) is 1. The Kier molecular flexibility index (Phi) is 2.93. The lowest BCUT2D eigenvalue weighted by atomic mass is 10.1. The molecule has 3 rings (SSSR count). The fourth-order valence-electron chi connectivity index (χ4n) is 2.52. The van der Waals surface area contributed by atoms with E-state index in [1.54, 1.807) is 23.1 Å². The van der Waals surface area contributed by atoms with Crippen molar-refractivity contribution in [2.24, 2.45) is 0 Å². The molecule has 0 aromatic heterocycles. The van der Waals surface area contributed by atoms with E-state index in [0.717, 1.165) is 16.7 Å². The second kappa shape index (κ2) is 4.63. The van der Waals surface area contributed by atoms with E-state index in [1.807, 2.05) is 13.0 Å². The molecule has 1 amide bonds. The van der Waals surface area contributed by atoms with E-state index >= 15 is 0 Å². The molecule has 3 nitrogen and oxygen atoms in total. The normalized spacial score (nSPS) is 13.7. The molecule has 0 atom stereocenters. The van der Waals surface area contributed by atoms with Gasteiger partial charge in [-0.2, -0.15) is 0 Å². The standard InChI is InChI=1S/C16H15FN2O/c1-10-2-4-13(17)6-12(10)9-19-8-11-3-5-14(18)7-15(11)16(19)20/h2-7H,8-9,18H2,1H3. The molecule has 0 saturated heterocycles. The van der Waals surface area contributed by atoms with E-state index < -0.39 is 0 Å². The summed E-state index contributed by atoms with van der Waals surface area (Å²) in [6.07, 6.45) is 0.